The molecule has 1 aromatic carbocycles. The molecule has 0 unspecified atom stereocenters. The Morgan fingerprint density at radius 1 is 0.952 bits per heavy atom. The van der Waals surface area contributed by atoms with Crippen LogP contribution in [0.5, 0.6) is 5.75 Å². The van der Waals surface area contributed by atoms with Crippen LogP contribution in [-0.2, 0) is 20.6 Å². The first-order valence-electron chi connectivity index (χ1n) is 7.25. The molecule has 0 atom stereocenters. The van der Waals surface area contributed by atoms with E-state index in [1.54, 1.807) is 7.11 Å². The lowest BCUT2D eigenvalue weighted by Crippen LogP contribution is -2.12. The van der Waals surface area contributed by atoms with Gasteiger partial charge in [0.2, 0.25) is 0 Å². The molecule has 0 saturated heterocycles. The number of ether oxygens (including phenoxy) is 4. The monoisotopic (exact) mass is 294 g/mol. The predicted molar refractivity (Wildman–Crippen MR) is 78.1 cm³/mol. The maximum Gasteiger partial charge on any atom is 0.163 e. The first kappa shape index (κ1) is 15.9. The van der Waals surface area contributed by atoms with Crippen LogP contribution in [0.4, 0.5) is 0 Å². The van der Waals surface area contributed by atoms with Crippen molar-refractivity contribution in [2.24, 2.45) is 0 Å². The highest BCUT2D eigenvalue weighted by Crippen LogP contribution is 2.30. The van der Waals surface area contributed by atoms with E-state index in [1.165, 1.54) is 0 Å². The largest absolute Gasteiger partial charge is 0.491 e. The number of hydrogen-bond acceptors (Lipinski definition) is 5. The smallest absolute Gasteiger partial charge is 0.163 e. The van der Waals surface area contributed by atoms with Crippen molar-refractivity contribution in [3.8, 4) is 5.75 Å². The third-order valence-corrected chi connectivity index (χ3v) is 3.32. The molecule has 5 nitrogen and oxygen atoms in total. The molecule has 0 N–H and O–H groups in total. The molecule has 21 heavy (non-hydrogen) atoms. The van der Waals surface area contributed by atoms with Crippen molar-refractivity contribution in [3.05, 3.63) is 29.3 Å². The lowest BCUT2D eigenvalue weighted by atomic mass is 10.1. The standard InChI is InChI=1S/C16H22O5/c1-18-7-8-19-9-10-20-11-12-21-16-4-2-3-13-14(16)5-6-15(13)17/h2-4H,5-12H2,1H3. The molecule has 5 heteroatoms. The van der Waals surface area contributed by atoms with Crippen LogP contribution >= 0.6 is 0 Å². The van der Waals surface area contributed by atoms with Crippen LogP contribution < -0.4 is 4.74 Å². The molecule has 1 aliphatic carbocycles. The Hall–Kier alpha value is -1.43. The van der Waals surface area contributed by atoms with Crippen LogP contribution in [-0.4, -0.2) is 52.5 Å². The highest BCUT2D eigenvalue weighted by Gasteiger charge is 2.22. The Kier molecular flexibility index (Phi) is 6.66. The van der Waals surface area contributed by atoms with Gasteiger partial charge in [0.1, 0.15) is 12.4 Å². The van der Waals surface area contributed by atoms with Crippen molar-refractivity contribution in [1.29, 1.82) is 0 Å². The highest BCUT2D eigenvalue weighted by atomic mass is 16.6. The summed E-state index contributed by atoms with van der Waals surface area (Å²) in [7, 11) is 1.64. The average Bonchev–Trinajstić information content (AvgIpc) is 2.88. The highest BCUT2D eigenvalue weighted by molar-refractivity contribution is 6.01. The number of benzene rings is 1. The fourth-order valence-corrected chi connectivity index (χ4v) is 2.27. The summed E-state index contributed by atoms with van der Waals surface area (Å²) in [6.07, 6.45) is 1.36. The molecule has 0 aliphatic heterocycles. The molecule has 116 valence electrons. The van der Waals surface area contributed by atoms with Gasteiger partial charge in [0, 0.05) is 24.7 Å². The zero-order valence-electron chi connectivity index (χ0n) is 12.4. The molecule has 0 heterocycles. The predicted octanol–water partition coefficient (Wildman–Crippen LogP) is 1.87. The molecule has 1 aliphatic rings. The van der Waals surface area contributed by atoms with E-state index in [9.17, 15) is 4.79 Å². The molecule has 1 aromatic rings. The van der Waals surface area contributed by atoms with Gasteiger partial charge in [0.25, 0.3) is 0 Å². The van der Waals surface area contributed by atoms with Crippen molar-refractivity contribution in [3.63, 3.8) is 0 Å². The lowest BCUT2D eigenvalue weighted by molar-refractivity contribution is 0.0179. The molecule has 0 fully saturated rings. The first-order chi connectivity index (χ1) is 10.3. The van der Waals surface area contributed by atoms with E-state index < -0.39 is 0 Å². The van der Waals surface area contributed by atoms with Gasteiger partial charge in [-0.2, -0.15) is 0 Å². The van der Waals surface area contributed by atoms with Crippen LogP contribution in [0.15, 0.2) is 18.2 Å². The maximum absolute atomic E-state index is 11.6. The Labute approximate surface area is 125 Å². The normalized spacial score (nSPS) is 13.5. The van der Waals surface area contributed by atoms with E-state index in [0.29, 0.717) is 46.1 Å². The third-order valence-electron chi connectivity index (χ3n) is 3.32. The van der Waals surface area contributed by atoms with Gasteiger partial charge >= 0.3 is 0 Å². The molecular weight excluding hydrogens is 272 g/mol. The van der Waals surface area contributed by atoms with Crippen molar-refractivity contribution in [2.45, 2.75) is 12.8 Å². The summed E-state index contributed by atoms with van der Waals surface area (Å²) in [4.78, 5) is 11.6. The van der Waals surface area contributed by atoms with E-state index in [4.69, 9.17) is 18.9 Å². The van der Waals surface area contributed by atoms with Crippen LogP contribution in [0.25, 0.3) is 0 Å². The fourth-order valence-electron chi connectivity index (χ4n) is 2.27. The van der Waals surface area contributed by atoms with Gasteiger partial charge in [-0.25, -0.2) is 0 Å². The maximum atomic E-state index is 11.6. The summed E-state index contributed by atoms with van der Waals surface area (Å²) in [5.74, 6) is 1.01. The van der Waals surface area contributed by atoms with Crippen LogP contribution in [0.1, 0.15) is 22.3 Å². The van der Waals surface area contributed by atoms with Crippen LogP contribution in [0.3, 0.4) is 0 Å². The van der Waals surface area contributed by atoms with E-state index in [1.807, 2.05) is 18.2 Å². The Morgan fingerprint density at radius 3 is 2.43 bits per heavy atom. The topological polar surface area (TPSA) is 54.0 Å². The van der Waals surface area contributed by atoms with E-state index in [-0.39, 0.29) is 5.78 Å². The summed E-state index contributed by atoms with van der Waals surface area (Å²) in [6.45, 7) is 3.26. The second-order valence-electron chi connectivity index (χ2n) is 4.77. The van der Waals surface area contributed by atoms with Crippen molar-refractivity contribution >= 4 is 5.78 Å². The molecule has 0 aromatic heterocycles. The van der Waals surface area contributed by atoms with E-state index in [2.05, 4.69) is 0 Å². The number of carbonyl (C=O) groups is 1. The molecule has 0 spiro atoms. The second kappa shape index (κ2) is 8.77. The number of rotatable bonds is 10. The summed E-state index contributed by atoms with van der Waals surface area (Å²) in [5, 5.41) is 0. The van der Waals surface area contributed by atoms with Crippen molar-refractivity contribution in [2.75, 3.05) is 46.8 Å². The van der Waals surface area contributed by atoms with Gasteiger partial charge in [-0.15, -0.1) is 0 Å². The number of Topliss-reactive ketones (excluding diaryl/α,β-unsaturated/α-hetero) is 1. The zero-order valence-corrected chi connectivity index (χ0v) is 12.4. The lowest BCUT2D eigenvalue weighted by Gasteiger charge is -2.10. The Balaban J connectivity index is 1.61. The molecule has 0 amide bonds. The summed E-state index contributed by atoms with van der Waals surface area (Å²) in [5.41, 5.74) is 1.84. The molecule has 0 radical (unpaired) electrons. The summed E-state index contributed by atoms with van der Waals surface area (Å²) >= 11 is 0. The minimum absolute atomic E-state index is 0.208. The van der Waals surface area contributed by atoms with Crippen molar-refractivity contribution < 1.29 is 23.7 Å². The minimum atomic E-state index is 0.208. The second-order valence-corrected chi connectivity index (χ2v) is 4.77. The van der Waals surface area contributed by atoms with Gasteiger partial charge in [-0.3, -0.25) is 4.79 Å². The molecule has 2 rings (SSSR count). The SMILES string of the molecule is COCCOCCOCCOc1cccc2c1CCC2=O. The fraction of sp³-hybridized carbons (Fsp3) is 0.562. The van der Waals surface area contributed by atoms with Gasteiger partial charge in [-0.1, -0.05) is 12.1 Å². The third kappa shape index (κ3) is 4.81. The van der Waals surface area contributed by atoms with Crippen LogP contribution in [0, 0.1) is 0 Å². The Morgan fingerprint density at radius 2 is 1.67 bits per heavy atom. The van der Waals surface area contributed by atoms with Crippen LogP contribution in [0.2, 0.25) is 0 Å². The number of carbonyl (C=O) groups excluding carboxylic acids is 1. The van der Waals surface area contributed by atoms with Gasteiger partial charge in [-0.05, 0) is 12.5 Å². The Bertz CT molecular complexity index is 458. The number of hydrogen-bond donors (Lipinski definition) is 0. The van der Waals surface area contributed by atoms with E-state index in [0.717, 1.165) is 23.3 Å². The van der Waals surface area contributed by atoms with E-state index >= 15 is 0 Å². The van der Waals surface area contributed by atoms with Crippen molar-refractivity contribution in [1.82, 2.24) is 0 Å². The first-order valence-corrected chi connectivity index (χ1v) is 7.25. The average molecular weight is 294 g/mol. The molecule has 0 saturated carbocycles. The zero-order chi connectivity index (χ0) is 14.9. The summed E-state index contributed by atoms with van der Waals surface area (Å²) < 4.78 is 21.3. The molecule has 0 bridgehead atoms. The summed E-state index contributed by atoms with van der Waals surface area (Å²) in [6, 6.07) is 5.64. The van der Waals surface area contributed by atoms with Gasteiger partial charge in [0.15, 0.2) is 5.78 Å². The quantitative estimate of drug-likeness (QED) is 0.617. The molecular formula is C16H22O5. The van der Waals surface area contributed by atoms with Gasteiger partial charge in [0.05, 0.1) is 33.0 Å². The van der Waals surface area contributed by atoms with Gasteiger partial charge < -0.3 is 18.9 Å². The number of methoxy groups -OCH3 is 1. The minimum Gasteiger partial charge on any atom is -0.491 e. The number of ketones is 1. The number of fused-ring (bicyclic) bond motifs is 1.